The Balaban J connectivity index is 1.25. The molecule has 5 heteroatoms. The molecule has 4 aliphatic carbocycles. The number of carbonyl (C=O) groups excluding carboxylic acids is 2. The van der Waals surface area contributed by atoms with Crippen molar-refractivity contribution in [1.82, 2.24) is 0 Å². The molecule has 5 aliphatic rings. The van der Waals surface area contributed by atoms with E-state index in [1.54, 1.807) is 7.11 Å². The fraction of sp³-hybridized carbons (Fsp3) is 0.407. The fourth-order valence-electron chi connectivity index (χ4n) is 8.43. The lowest BCUT2D eigenvalue weighted by Gasteiger charge is -2.36. The number of fused-ring (bicyclic) bond motifs is 15. The Bertz CT molecular complexity index is 1340. The molecule has 2 heterocycles. The minimum absolute atomic E-state index is 0.0357. The second kappa shape index (κ2) is 5.64. The van der Waals surface area contributed by atoms with Crippen molar-refractivity contribution in [3.8, 4) is 5.75 Å². The Kier molecular flexibility index (Phi) is 3.08. The maximum Gasteiger partial charge on any atom is 0.238 e. The van der Waals surface area contributed by atoms with Gasteiger partial charge in [0.15, 0.2) is 0 Å². The minimum Gasteiger partial charge on any atom is -0.495 e. The number of rotatable bonds is 2. The molecule has 8 rings (SSSR count). The number of imide groups is 1. The summed E-state index contributed by atoms with van der Waals surface area (Å²) in [6.45, 7) is 0. The van der Waals surface area contributed by atoms with E-state index in [9.17, 15) is 9.59 Å². The average molecular weight is 425 g/mol. The zero-order valence-corrected chi connectivity index (χ0v) is 17.7. The molecule has 0 spiro atoms. The second-order valence-corrected chi connectivity index (χ2v) is 10.3. The third-order valence-electron chi connectivity index (χ3n) is 9.36. The monoisotopic (exact) mass is 425 g/mol. The molecule has 1 saturated heterocycles. The van der Waals surface area contributed by atoms with Gasteiger partial charge < -0.3 is 9.15 Å². The number of methoxy groups -OCH3 is 1. The van der Waals surface area contributed by atoms with Crippen LogP contribution in [0.2, 0.25) is 0 Å². The highest BCUT2D eigenvalue weighted by Crippen LogP contribution is 2.70. The predicted octanol–water partition coefficient (Wildman–Crippen LogP) is 4.79. The molecule has 2 amide bonds. The van der Waals surface area contributed by atoms with Crippen molar-refractivity contribution in [3.63, 3.8) is 0 Å². The highest BCUT2D eigenvalue weighted by atomic mass is 16.5. The molecule has 5 nitrogen and oxygen atoms in total. The third-order valence-corrected chi connectivity index (χ3v) is 9.36. The van der Waals surface area contributed by atoms with Crippen molar-refractivity contribution < 1.29 is 18.7 Å². The lowest BCUT2D eigenvalue weighted by molar-refractivity contribution is -0.123. The van der Waals surface area contributed by atoms with Gasteiger partial charge in [-0.2, -0.15) is 0 Å². The number of hydrogen-bond donors (Lipinski definition) is 0. The van der Waals surface area contributed by atoms with Crippen LogP contribution in [-0.4, -0.2) is 18.9 Å². The Morgan fingerprint density at radius 1 is 0.875 bits per heavy atom. The first kappa shape index (κ1) is 17.5. The summed E-state index contributed by atoms with van der Waals surface area (Å²) < 4.78 is 11.7. The summed E-state index contributed by atoms with van der Waals surface area (Å²) in [6, 6.07) is 11.6. The number of hydrogen-bond acceptors (Lipinski definition) is 4. The number of ether oxygens (including phenoxy) is 1. The lowest BCUT2D eigenvalue weighted by Crippen LogP contribution is -2.38. The van der Waals surface area contributed by atoms with Crippen LogP contribution in [0.15, 0.2) is 53.0 Å². The highest BCUT2D eigenvalue weighted by Gasteiger charge is 2.71. The van der Waals surface area contributed by atoms with Gasteiger partial charge in [0.1, 0.15) is 16.9 Å². The van der Waals surface area contributed by atoms with E-state index in [2.05, 4.69) is 12.2 Å². The topological polar surface area (TPSA) is 59.8 Å². The van der Waals surface area contributed by atoms with Crippen molar-refractivity contribution in [2.75, 3.05) is 12.0 Å². The van der Waals surface area contributed by atoms with Crippen molar-refractivity contribution >= 4 is 39.4 Å². The summed E-state index contributed by atoms with van der Waals surface area (Å²) in [7, 11) is 1.59. The van der Waals surface area contributed by atoms with Crippen molar-refractivity contribution in [3.05, 3.63) is 48.6 Å². The normalized spacial score (nSPS) is 38.5. The van der Waals surface area contributed by atoms with Crippen LogP contribution in [0.5, 0.6) is 5.75 Å². The number of amides is 2. The van der Waals surface area contributed by atoms with E-state index in [0.29, 0.717) is 52.5 Å². The summed E-state index contributed by atoms with van der Waals surface area (Å²) in [5.74, 6) is 3.22. The SMILES string of the molecule is COc1cc2c(cc1N1C(=O)C3C4CC(C3C1=O)C1C3C=CC(C3)C41)oc1ccccc12. The van der Waals surface area contributed by atoms with Gasteiger partial charge in [-0.05, 0) is 60.5 Å². The van der Waals surface area contributed by atoms with Gasteiger partial charge in [-0.1, -0.05) is 30.4 Å². The van der Waals surface area contributed by atoms with Gasteiger partial charge in [0.2, 0.25) is 11.8 Å². The van der Waals surface area contributed by atoms with Crippen molar-refractivity contribution in [2.45, 2.75) is 12.8 Å². The largest absolute Gasteiger partial charge is 0.495 e. The molecule has 1 aromatic heterocycles. The third kappa shape index (κ3) is 1.85. The molecule has 1 aliphatic heterocycles. The van der Waals surface area contributed by atoms with Gasteiger partial charge in [-0.15, -0.1) is 0 Å². The van der Waals surface area contributed by atoms with Crippen LogP contribution in [0.4, 0.5) is 5.69 Å². The number of benzene rings is 2. The molecule has 0 radical (unpaired) electrons. The Labute approximate surface area is 185 Å². The van der Waals surface area contributed by atoms with E-state index < -0.39 is 0 Å². The highest BCUT2D eigenvalue weighted by molar-refractivity contribution is 6.24. The summed E-state index contributed by atoms with van der Waals surface area (Å²) in [4.78, 5) is 28.9. The van der Waals surface area contributed by atoms with E-state index in [4.69, 9.17) is 9.15 Å². The molecule has 3 saturated carbocycles. The quantitative estimate of drug-likeness (QED) is 0.337. The molecular weight excluding hydrogens is 402 g/mol. The summed E-state index contributed by atoms with van der Waals surface area (Å²) >= 11 is 0. The lowest BCUT2D eigenvalue weighted by atomic mass is 9.65. The summed E-state index contributed by atoms with van der Waals surface area (Å²) in [6.07, 6.45) is 7.02. The van der Waals surface area contributed by atoms with E-state index in [1.165, 1.54) is 11.3 Å². The molecule has 0 N–H and O–H groups in total. The van der Waals surface area contributed by atoms with Crippen LogP contribution >= 0.6 is 0 Å². The standard InChI is InChI=1S/C27H23NO4/c1-31-21-10-15-14-4-2-3-5-19(14)32-20(15)11-18(21)28-26(29)24-16-9-17(25(24)27(28)30)23-13-7-6-12(8-13)22(16)23/h2-7,10-13,16-17,22-25H,8-9H2,1H3. The van der Waals surface area contributed by atoms with Gasteiger partial charge in [0, 0.05) is 16.8 Å². The summed E-state index contributed by atoms with van der Waals surface area (Å²) in [5.41, 5.74) is 1.97. The maximum atomic E-state index is 13.8. The van der Waals surface area contributed by atoms with E-state index >= 15 is 0 Å². The van der Waals surface area contributed by atoms with Gasteiger partial charge in [0.05, 0.1) is 24.6 Å². The molecule has 3 aromatic rings. The van der Waals surface area contributed by atoms with Gasteiger partial charge in [0.25, 0.3) is 0 Å². The first-order valence-electron chi connectivity index (χ1n) is 11.7. The Morgan fingerprint density at radius 3 is 2.25 bits per heavy atom. The number of allylic oxidation sites excluding steroid dienone is 2. The van der Waals surface area contributed by atoms with Crippen molar-refractivity contribution in [1.29, 1.82) is 0 Å². The second-order valence-electron chi connectivity index (χ2n) is 10.3. The molecule has 4 fully saturated rings. The van der Waals surface area contributed by atoms with Crippen molar-refractivity contribution in [2.24, 2.45) is 47.3 Å². The Hall–Kier alpha value is -3.08. The maximum absolute atomic E-state index is 13.8. The first-order valence-corrected chi connectivity index (χ1v) is 11.7. The number of para-hydroxylation sites is 1. The summed E-state index contributed by atoms with van der Waals surface area (Å²) in [5, 5.41) is 1.93. The Morgan fingerprint density at radius 2 is 1.56 bits per heavy atom. The van der Waals surface area contributed by atoms with Crippen LogP contribution in [0.3, 0.4) is 0 Å². The van der Waals surface area contributed by atoms with Gasteiger partial charge in [-0.3, -0.25) is 9.59 Å². The molecular formula is C27H23NO4. The van der Waals surface area contributed by atoms with Crippen LogP contribution in [-0.2, 0) is 9.59 Å². The van der Waals surface area contributed by atoms with E-state index in [-0.39, 0.29) is 23.7 Å². The molecule has 8 atom stereocenters. The fourth-order valence-corrected chi connectivity index (χ4v) is 8.43. The van der Waals surface area contributed by atoms with Crippen LogP contribution in [0.25, 0.3) is 21.9 Å². The number of carbonyl (C=O) groups is 2. The molecule has 4 bridgehead atoms. The molecule has 8 unspecified atom stereocenters. The first-order chi connectivity index (χ1) is 15.7. The van der Waals surface area contributed by atoms with Crippen LogP contribution in [0, 0.1) is 47.3 Å². The van der Waals surface area contributed by atoms with E-state index in [0.717, 1.165) is 22.8 Å². The van der Waals surface area contributed by atoms with Crippen LogP contribution < -0.4 is 9.64 Å². The number of nitrogens with zero attached hydrogens (tertiary/aromatic N) is 1. The van der Waals surface area contributed by atoms with Gasteiger partial charge >= 0.3 is 0 Å². The number of anilines is 1. The minimum atomic E-state index is -0.169. The zero-order chi connectivity index (χ0) is 21.3. The molecule has 32 heavy (non-hydrogen) atoms. The average Bonchev–Trinajstić information content (AvgIpc) is 3.62. The van der Waals surface area contributed by atoms with Gasteiger partial charge in [-0.25, -0.2) is 4.90 Å². The molecule has 160 valence electrons. The predicted molar refractivity (Wildman–Crippen MR) is 119 cm³/mol. The smallest absolute Gasteiger partial charge is 0.238 e. The number of furan rings is 1. The van der Waals surface area contributed by atoms with Crippen LogP contribution in [0.1, 0.15) is 12.8 Å². The zero-order valence-electron chi connectivity index (χ0n) is 17.7. The molecule has 2 aromatic carbocycles. The van der Waals surface area contributed by atoms with E-state index in [1.807, 2.05) is 36.4 Å².